The molecule has 0 aliphatic carbocycles. The van der Waals surface area contributed by atoms with Crippen molar-refractivity contribution in [3.05, 3.63) is 59.2 Å². The molecular formula is C16H16F2N2S. The Labute approximate surface area is 128 Å². The highest BCUT2D eigenvalue weighted by Gasteiger charge is 2.19. The highest BCUT2D eigenvalue weighted by molar-refractivity contribution is 7.80. The fraction of sp³-hybridized carbons (Fsp3) is 0.188. The number of rotatable bonds is 4. The molecule has 2 rings (SSSR count). The maximum absolute atomic E-state index is 14.3. The van der Waals surface area contributed by atoms with Crippen molar-refractivity contribution in [3.63, 3.8) is 0 Å². The van der Waals surface area contributed by atoms with E-state index in [2.05, 4.69) is 0 Å². The number of hydrogen-bond acceptors (Lipinski definition) is 2. The summed E-state index contributed by atoms with van der Waals surface area (Å²) >= 11 is 4.76. The largest absolute Gasteiger partial charge is 0.389 e. The van der Waals surface area contributed by atoms with Crippen LogP contribution in [0.25, 0.3) is 0 Å². The quantitative estimate of drug-likeness (QED) is 0.864. The first kappa shape index (κ1) is 15.4. The van der Waals surface area contributed by atoms with Crippen molar-refractivity contribution in [2.75, 3.05) is 11.4 Å². The predicted octanol–water partition coefficient (Wildman–Crippen LogP) is 4.07. The molecule has 0 amide bonds. The first-order valence-electron chi connectivity index (χ1n) is 6.57. The molecule has 0 atom stereocenters. The average molecular weight is 306 g/mol. The van der Waals surface area contributed by atoms with E-state index in [4.69, 9.17) is 18.0 Å². The normalized spacial score (nSPS) is 10.5. The molecule has 0 aliphatic heterocycles. The molecule has 0 heterocycles. The second-order valence-corrected chi connectivity index (χ2v) is 5.18. The Morgan fingerprint density at radius 1 is 1.19 bits per heavy atom. The van der Waals surface area contributed by atoms with Crippen LogP contribution in [0.5, 0.6) is 0 Å². The van der Waals surface area contributed by atoms with Gasteiger partial charge in [-0.2, -0.15) is 0 Å². The van der Waals surface area contributed by atoms with E-state index in [1.165, 1.54) is 12.1 Å². The van der Waals surface area contributed by atoms with Crippen LogP contribution >= 0.6 is 12.2 Å². The molecule has 0 bridgehead atoms. The summed E-state index contributed by atoms with van der Waals surface area (Å²) in [6, 6.07) is 9.81. The molecule has 0 saturated heterocycles. The molecule has 0 unspecified atom stereocenters. The number of anilines is 2. The zero-order chi connectivity index (χ0) is 15.6. The van der Waals surface area contributed by atoms with Gasteiger partial charge < -0.3 is 10.6 Å². The Morgan fingerprint density at radius 2 is 1.81 bits per heavy atom. The standard InChI is InChI=1S/C16H16F2N2S/c1-3-20(12-6-4-5-10(2)7-12)15-13(17)8-11(16(19)21)9-14(15)18/h4-9H,3H2,1-2H3,(H2,19,21). The second kappa shape index (κ2) is 6.18. The summed E-state index contributed by atoms with van der Waals surface area (Å²) in [6.07, 6.45) is 0. The molecule has 5 heteroatoms. The van der Waals surface area contributed by atoms with Crippen molar-refractivity contribution >= 4 is 28.6 Å². The van der Waals surface area contributed by atoms with Gasteiger partial charge in [-0.05, 0) is 43.7 Å². The van der Waals surface area contributed by atoms with Gasteiger partial charge in [0.25, 0.3) is 0 Å². The highest BCUT2D eigenvalue weighted by Crippen LogP contribution is 2.31. The van der Waals surface area contributed by atoms with Crippen molar-refractivity contribution in [3.8, 4) is 0 Å². The van der Waals surface area contributed by atoms with Crippen molar-refractivity contribution in [1.82, 2.24) is 0 Å². The van der Waals surface area contributed by atoms with Crippen LogP contribution in [0, 0.1) is 18.6 Å². The van der Waals surface area contributed by atoms with E-state index in [0.29, 0.717) is 6.54 Å². The lowest BCUT2D eigenvalue weighted by Crippen LogP contribution is -2.20. The van der Waals surface area contributed by atoms with Crippen LogP contribution in [0.4, 0.5) is 20.2 Å². The molecule has 0 aromatic heterocycles. The minimum Gasteiger partial charge on any atom is -0.389 e. The second-order valence-electron chi connectivity index (χ2n) is 4.74. The summed E-state index contributed by atoms with van der Waals surface area (Å²) in [5, 5.41) is 0. The van der Waals surface area contributed by atoms with Gasteiger partial charge >= 0.3 is 0 Å². The molecular weight excluding hydrogens is 290 g/mol. The molecule has 2 aromatic rings. The zero-order valence-electron chi connectivity index (χ0n) is 11.9. The fourth-order valence-electron chi connectivity index (χ4n) is 2.23. The number of hydrogen-bond donors (Lipinski definition) is 1. The lowest BCUT2D eigenvalue weighted by Gasteiger charge is -2.25. The smallest absolute Gasteiger partial charge is 0.150 e. The number of aryl methyl sites for hydroxylation is 1. The molecule has 0 spiro atoms. The van der Waals surface area contributed by atoms with Gasteiger partial charge in [0, 0.05) is 17.8 Å². The van der Waals surface area contributed by atoms with E-state index in [1.807, 2.05) is 38.1 Å². The van der Waals surface area contributed by atoms with Gasteiger partial charge in [0.1, 0.15) is 10.7 Å². The Morgan fingerprint density at radius 3 is 2.29 bits per heavy atom. The van der Waals surface area contributed by atoms with Crippen LogP contribution in [-0.4, -0.2) is 11.5 Å². The maximum atomic E-state index is 14.3. The summed E-state index contributed by atoms with van der Waals surface area (Å²) < 4.78 is 28.6. The SMILES string of the molecule is CCN(c1cccc(C)c1)c1c(F)cc(C(N)=S)cc1F. The first-order valence-corrected chi connectivity index (χ1v) is 6.98. The van der Waals surface area contributed by atoms with E-state index in [0.717, 1.165) is 11.3 Å². The van der Waals surface area contributed by atoms with E-state index in [9.17, 15) is 8.78 Å². The van der Waals surface area contributed by atoms with Crippen LogP contribution in [0.2, 0.25) is 0 Å². The number of benzene rings is 2. The number of nitrogens with zero attached hydrogens (tertiary/aromatic N) is 1. The molecule has 21 heavy (non-hydrogen) atoms. The molecule has 110 valence electrons. The van der Waals surface area contributed by atoms with Crippen LogP contribution in [-0.2, 0) is 0 Å². The molecule has 0 radical (unpaired) electrons. The molecule has 0 aliphatic rings. The van der Waals surface area contributed by atoms with Gasteiger partial charge in [-0.15, -0.1) is 0 Å². The lowest BCUT2D eigenvalue weighted by molar-refractivity contribution is 0.581. The third-order valence-electron chi connectivity index (χ3n) is 3.20. The number of halogens is 2. The molecule has 2 N–H and O–H groups in total. The molecule has 0 fully saturated rings. The van der Waals surface area contributed by atoms with Crippen LogP contribution < -0.4 is 10.6 Å². The topological polar surface area (TPSA) is 29.3 Å². The van der Waals surface area contributed by atoms with E-state index in [1.54, 1.807) is 4.90 Å². The summed E-state index contributed by atoms with van der Waals surface area (Å²) in [7, 11) is 0. The van der Waals surface area contributed by atoms with E-state index < -0.39 is 11.6 Å². The zero-order valence-corrected chi connectivity index (χ0v) is 12.7. The minimum atomic E-state index is -0.679. The fourth-order valence-corrected chi connectivity index (χ4v) is 2.35. The molecule has 0 saturated carbocycles. The average Bonchev–Trinajstić information content (AvgIpc) is 2.42. The van der Waals surface area contributed by atoms with E-state index in [-0.39, 0.29) is 16.2 Å². The summed E-state index contributed by atoms with van der Waals surface area (Å²) in [4.78, 5) is 1.55. The van der Waals surface area contributed by atoms with Gasteiger partial charge in [0.15, 0.2) is 11.6 Å². The summed E-state index contributed by atoms with van der Waals surface area (Å²) in [5.41, 5.74) is 7.27. The summed E-state index contributed by atoms with van der Waals surface area (Å²) in [5.74, 6) is -1.36. The maximum Gasteiger partial charge on any atom is 0.150 e. The number of thiocarbonyl (C=S) groups is 1. The summed E-state index contributed by atoms with van der Waals surface area (Å²) in [6.45, 7) is 4.20. The number of nitrogens with two attached hydrogens (primary N) is 1. The first-order chi connectivity index (χ1) is 9.93. The van der Waals surface area contributed by atoms with Gasteiger partial charge in [-0.1, -0.05) is 24.4 Å². The Bertz CT molecular complexity index is 663. The minimum absolute atomic E-state index is 0.0297. The predicted molar refractivity (Wildman–Crippen MR) is 86.1 cm³/mol. The van der Waals surface area contributed by atoms with E-state index >= 15 is 0 Å². The third-order valence-corrected chi connectivity index (χ3v) is 3.44. The monoisotopic (exact) mass is 306 g/mol. The van der Waals surface area contributed by atoms with Crippen molar-refractivity contribution in [1.29, 1.82) is 0 Å². The van der Waals surface area contributed by atoms with Crippen LogP contribution in [0.15, 0.2) is 36.4 Å². The van der Waals surface area contributed by atoms with Gasteiger partial charge in [0.05, 0.1) is 0 Å². The third kappa shape index (κ3) is 3.19. The Balaban J connectivity index is 2.55. The Kier molecular flexibility index (Phi) is 4.53. The van der Waals surface area contributed by atoms with Gasteiger partial charge in [0.2, 0.25) is 0 Å². The van der Waals surface area contributed by atoms with Gasteiger partial charge in [-0.25, -0.2) is 8.78 Å². The van der Waals surface area contributed by atoms with Crippen molar-refractivity contribution < 1.29 is 8.78 Å². The van der Waals surface area contributed by atoms with Gasteiger partial charge in [-0.3, -0.25) is 0 Å². The molecule has 2 aromatic carbocycles. The van der Waals surface area contributed by atoms with Crippen molar-refractivity contribution in [2.24, 2.45) is 5.73 Å². The van der Waals surface area contributed by atoms with Crippen molar-refractivity contribution in [2.45, 2.75) is 13.8 Å². The lowest BCUT2D eigenvalue weighted by atomic mass is 10.1. The molecule has 2 nitrogen and oxygen atoms in total. The Hall–Kier alpha value is -2.01. The highest BCUT2D eigenvalue weighted by atomic mass is 32.1. The van der Waals surface area contributed by atoms with Crippen LogP contribution in [0.1, 0.15) is 18.1 Å². The van der Waals surface area contributed by atoms with Crippen LogP contribution in [0.3, 0.4) is 0 Å².